The molecule has 1 aliphatic rings. The van der Waals surface area contributed by atoms with E-state index in [9.17, 15) is 0 Å². The first-order valence-electron chi connectivity index (χ1n) is 16.8. The van der Waals surface area contributed by atoms with Crippen molar-refractivity contribution in [3.63, 3.8) is 0 Å². The molecule has 1 aromatic carbocycles. The molecule has 1 heterocycles. The van der Waals surface area contributed by atoms with Gasteiger partial charge in [-0.25, -0.2) is 9.97 Å². The van der Waals surface area contributed by atoms with E-state index in [2.05, 4.69) is 48.1 Å². The minimum Gasteiger partial charge on any atom is -0.494 e. The number of unbranched alkanes of at least 4 members (excludes halogenated alkanes) is 11. The molecule has 0 N–H and O–H groups in total. The summed E-state index contributed by atoms with van der Waals surface area (Å²) < 4.78 is 6.07. The summed E-state index contributed by atoms with van der Waals surface area (Å²) in [5.41, 5.74) is 2.30. The zero-order valence-corrected chi connectivity index (χ0v) is 25.5. The molecule has 1 saturated carbocycles. The van der Waals surface area contributed by atoms with Crippen molar-refractivity contribution in [2.24, 2.45) is 11.8 Å². The van der Waals surface area contributed by atoms with Gasteiger partial charge in [0.05, 0.1) is 6.61 Å². The molecule has 1 aromatic heterocycles. The van der Waals surface area contributed by atoms with Gasteiger partial charge in [-0.15, -0.1) is 0 Å². The molecule has 0 aliphatic heterocycles. The molecule has 3 heteroatoms. The van der Waals surface area contributed by atoms with Crippen molar-refractivity contribution in [1.29, 1.82) is 0 Å². The lowest BCUT2D eigenvalue weighted by atomic mass is 9.78. The van der Waals surface area contributed by atoms with Crippen LogP contribution in [0.1, 0.15) is 148 Å². The van der Waals surface area contributed by atoms with Crippen LogP contribution in [0.15, 0.2) is 36.7 Å². The number of aryl methyl sites for hydroxylation is 1. The number of hydrogen-bond donors (Lipinski definition) is 0. The molecule has 1 fully saturated rings. The highest BCUT2D eigenvalue weighted by Crippen LogP contribution is 2.34. The Bertz CT molecular complexity index is 839. The van der Waals surface area contributed by atoms with Crippen molar-refractivity contribution in [3.05, 3.63) is 42.2 Å². The Morgan fingerprint density at radius 3 is 1.72 bits per heavy atom. The van der Waals surface area contributed by atoms with Crippen molar-refractivity contribution >= 4 is 0 Å². The van der Waals surface area contributed by atoms with E-state index in [1.54, 1.807) is 0 Å². The van der Waals surface area contributed by atoms with Gasteiger partial charge in [0.25, 0.3) is 0 Å². The number of aromatic nitrogens is 2. The maximum atomic E-state index is 6.07. The molecule has 0 atom stereocenters. The van der Waals surface area contributed by atoms with Crippen LogP contribution in [-0.4, -0.2) is 16.6 Å². The van der Waals surface area contributed by atoms with Gasteiger partial charge in [-0.3, -0.25) is 0 Å². The van der Waals surface area contributed by atoms with Gasteiger partial charge < -0.3 is 4.74 Å². The highest BCUT2D eigenvalue weighted by atomic mass is 16.5. The minimum atomic E-state index is 0.800. The van der Waals surface area contributed by atoms with Crippen LogP contribution in [0, 0.1) is 11.8 Å². The Labute approximate surface area is 241 Å². The second-order valence-electron chi connectivity index (χ2n) is 12.2. The van der Waals surface area contributed by atoms with Crippen LogP contribution in [-0.2, 0) is 6.42 Å². The number of ether oxygens (including phenoxy) is 1. The summed E-state index contributed by atoms with van der Waals surface area (Å²) in [4.78, 5) is 9.22. The summed E-state index contributed by atoms with van der Waals surface area (Å²) in [6, 6.07) is 8.30. The standard InChI is InChI=1S/C36H58N2O/c1-3-5-7-9-10-11-13-14-17-31-20-22-32(23-21-31)19-16-28-39-35-26-24-34(25-27-35)36-37-29-33(30-38-36)18-15-12-8-6-4-2/h24-27,29-32H,3-23,28H2,1-2H3. The summed E-state index contributed by atoms with van der Waals surface area (Å²) in [7, 11) is 0. The van der Waals surface area contributed by atoms with Crippen molar-refractivity contribution in [1.82, 2.24) is 9.97 Å². The average molecular weight is 535 g/mol. The summed E-state index contributed by atoms with van der Waals surface area (Å²) in [5, 5.41) is 0. The van der Waals surface area contributed by atoms with E-state index in [1.165, 1.54) is 128 Å². The third kappa shape index (κ3) is 13.3. The summed E-state index contributed by atoms with van der Waals surface area (Å²) in [5.74, 6) is 3.68. The molecule has 0 bridgehead atoms. The van der Waals surface area contributed by atoms with Crippen LogP contribution >= 0.6 is 0 Å². The smallest absolute Gasteiger partial charge is 0.159 e. The van der Waals surface area contributed by atoms with E-state index >= 15 is 0 Å². The van der Waals surface area contributed by atoms with Crippen LogP contribution in [0.25, 0.3) is 11.4 Å². The molecule has 0 amide bonds. The molecule has 218 valence electrons. The van der Waals surface area contributed by atoms with Gasteiger partial charge in [0.1, 0.15) is 5.75 Å². The summed E-state index contributed by atoms with van der Waals surface area (Å²) >= 11 is 0. The lowest BCUT2D eigenvalue weighted by molar-refractivity contribution is 0.228. The number of benzene rings is 1. The predicted octanol–water partition coefficient (Wildman–Crippen LogP) is 11.2. The molecule has 0 saturated heterocycles. The number of hydrogen-bond acceptors (Lipinski definition) is 3. The molecule has 0 unspecified atom stereocenters. The summed E-state index contributed by atoms with van der Waals surface area (Å²) in [6.45, 7) is 5.38. The first-order valence-corrected chi connectivity index (χ1v) is 16.8. The third-order valence-corrected chi connectivity index (χ3v) is 8.84. The Balaban J connectivity index is 1.22. The van der Waals surface area contributed by atoms with E-state index in [0.717, 1.165) is 48.4 Å². The molecular formula is C36H58N2O. The fraction of sp³-hybridized carbons (Fsp3) is 0.722. The second kappa shape index (κ2) is 20.0. The first-order chi connectivity index (χ1) is 19.3. The minimum absolute atomic E-state index is 0.800. The van der Waals surface area contributed by atoms with E-state index in [0.29, 0.717) is 0 Å². The van der Waals surface area contributed by atoms with E-state index in [4.69, 9.17) is 4.74 Å². The van der Waals surface area contributed by atoms with Crippen LogP contribution in [0.3, 0.4) is 0 Å². The van der Waals surface area contributed by atoms with Gasteiger partial charge in [-0.05, 0) is 67.3 Å². The predicted molar refractivity (Wildman–Crippen MR) is 167 cm³/mol. The lowest BCUT2D eigenvalue weighted by Crippen LogP contribution is -2.15. The molecule has 3 rings (SSSR count). The number of rotatable bonds is 21. The highest BCUT2D eigenvalue weighted by molar-refractivity contribution is 5.55. The molecular weight excluding hydrogens is 476 g/mol. The van der Waals surface area contributed by atoms with E-state index in [1.807, 2.05) is 12.4 Å². The average Bonchev–Trinajstić information content (AvgIpc) is 2.98. The van der Waals surface area contributed by atoms with Crippen LogP contribution in [0.2, 0.25) is 0 Å². The quantitative estimate of drug-likeness (QED) is 0.149. The topological polar surface area (TPSA) is 35.0 Å². The van der Waals surface area contributed by atoms with Crippen molar-refractivity contribution in [2.45, 2.75) is 149 Å². The zero-order valence-electron chi connectivity index (χ0n) is 25.5. The highest BCUT2D eigenvalue weighted by Gasteiger charge is 2.20. The van der Waals surface area contributed by atoms with Gasteiger partial charge in [0, 0.05) is 18.0 Å². The normalized spacial score (nSPS) is 17.4. The Morgan fingerprint density at radius 1 is 0.615 bits per heavy atom. The maximum absolute atomic E-state index is 6.07. The number of nitrogens with zero attached hydrogens (tertiary/aromatic N) is 2. The van der Waals surface area contributed by atoms with Gasteiger partial charge >= 0.3 is 0 Å². The molecule has 1 aliphatic carbocycles. The monoisotopic (exact) mass is 534 g/mol. The first kappa shape index (κ1) is 31.6. The van der Waals surface area contributed by atoms with Crippen LogP contribution in [0.5, 0.6) is 5.75 Å². The molecule has 0 spiro atoms. The fourth-order valence-electron chi connectivity index (χ4n) is 6.20. The third-order valence-electron chi connectivity index (χ3n) is 8.84. The lowest BCUT2D eigenvalue weighted by Gasteiger charge is -2.28. The van der Waals surface area contributed by atoms with Crippen molar-refractivity contribution < 1.29 is 4.74 Å². The SMILES string of the molecule is CCCCCCCCCCC1CCC(CCCOc2ccc(-c3ncc(CCCCCCC)cn3)cc2)CC1. The molecule has 0 radical (unpaired) electrons. The Hall–Kier alpha value is -1.90. The molecule has 2 aromatic rings. The van der Waals surface area contributed by atoms with Gasteiger partial charge in [0.15, 0.2) is 5.82 Å². The maximum Gasteiger partial charge on any atom is 0.159 e. The Morgan fingerprint density at radius 2 is 1.13 bits per heavy atom. The second-order valence-corrected chi connectivity index (χ2v) is 12.2. The van der Waals surface area contributed by atoms with Crippen molar-refractivity contribution in [3.8, 4) is 17.1 Å². The Kier molecular flexibility index (Phi) is 16.3. The molecule has 39 heavy (non-hydrogen) atoms. The van der Waals surface area contributed by atoms with Crippen LogP contribution < -0.4 is 4.74 Å². The van der Waals surface area contributed by atoms with E-state index in [-0.39, 0.29) is 0 Å². The van der Waals surface area contributed by atoms with Crippen LogP contribution in [0.4, 0.5) is 0 Å². The van der Waals surface area contributed by atoms with Crippen molar-refractivity contribution in [2.75, 3.05) is 6.61 Å². The zero-order chi connectivity index (χ0) is 27.4. The van der Waals surface area contributed by atoms with Gasteiger partial charge in [0.2, 0.25) is 0 Å². The van der Waals surface area contributed by atoms with Gasteiger partial charge in [-0.1, -0.05) is 123 Å². The van der Waals surface area contributed by atoms with Gasteiger partial charge in [-0.2, -0.15) is 0 Å². The van der Waals surface area contributed by atoms with E-state index < -0.39 is 0 Å². The summed E-state index contributed by atoms with van der Waals surface area (Å²) in [6.07, 6.45) is 32.9. The largest absolute Gasteiger partial charge is 0.494 e. The fourth-order valence-corrected chi connectivity index (χ4v) is 6.20. The molecule has 3 nitrogen and oxygen atoms in total.